The van der Waals surface area contributed by atoms with Crippen LogP contribution < -0.4 is 4.74 Å². The Morgan fingerprint density at radius 3 is 2.74 bits per heavy atom. The maximum atomic E-state index is 11.8. The van der Waals surface area contributed by atoms with Crippen molar-refractivity contribution in [2.24, 2.45) is 0 Å². The molecule has 0 atom stereocenters. The third-order valence-electron chi connectivity index (χ3n) is 3.29. The van der Waals surface area contributed by atoms with Crippen LogP contribution in [-0.2, 0) is 6.54 Å². The Kier molecular flexibility index (Phi) is 4.15. The van der Waals surface area contributed by atoms with Gasteiger partial charge in [0.25, 0.3) is 0 Å². The lowest BCUT2D eigenvalue weighted by atomic mass is 10.1. The third-order valence-corrected chi connectivity index (χ3v) is 3.68. The van der Waals surface area contributed by atoms with Crippen LogP contribution in [0, 0.1) is 0 Å². The Hall–Kier alpha value is -1.48. The van der Waals surface area contributed by atoms with Crippen molar-refractivity contribution in [2.45, 2.75) is 33.2 Å². The van der Waals surface area contributed by atoms with Crippen molar-refractivity contribution >= 4 is 28.3 Å². The molecule has 1 aromatic carbocycles. The number of hydrogen-bond acceptors (Lipinski definition) is 2. The number of fused-ring (bicyclic) bond motifs is 1. The molecule has 0 saturated heterocycles. The molecule has 1 aromatic heterocycles. The average molecular weight is 280 g/mol. The Balaban J connectivity index is 2.77. The van der Waals surface area contributed by atoms with E-state index in [9.17, 15) is 4.79 Å². The van der Waals surface area contributed by atoms with E-state index in [0.717, 1.165) is 36.0 Å². The Morgan fingerprint density at radius 2 is 2.16 bits per heavy atom. The molecular formula is C15H18ClNO2. The molecule has 0 unspecified atom stereocenters. The van der Waals surface area contributed by atoms with E-state index in [2.05, 4.69) is 6.92 Å². The maximum Gasteiger partial charge on any atom is 0.163 e. The molecule has 0 spiro atoms. The topological polar surface area (TPSA) is 31.2 Å². The zero-order chi connectivity index (χ0) is 14.0. The quantitative estimate of drug-likeness (QED) is 0.764. The molecule has 1 heterocycles. The number of ether oxygens (including phenoxy) is 1. The number of hydrogen-bond donors (Lipinski definition) is 0. The number of halogens is 1. The first-order chi connectivity index (χ1) is 9.11. The van der Waals surface area contributed by atoms with Crippen molar-refractivity contribution < 1.29 is 9.53 Å². The summed E-state index contributed by atoms with van der Waals surface area (Å²) in [6, 6.07) is 5.70. The van der Waals surface area contributed by atoms with Gasteiger partial charge in [-0.1, -0.05) is 37.1 Å². The van der Waals surface area contributed by atoms with Gasteiger partial charge in [0, 0.05) is 11.9 Å². The number of ketones is 1. The average Bonchev–Trinajstić information content (AvgIpc) is 2.68. The molecule has 102 valence electrons. The van der Waals surface area contributed by atoms with E-state index in [4.69, 9.17) is 16.3 Å². The molecule has 19 heavy (non-hydrogen) atoms. The van der Waals surface area contributed by atoms with Gasteiger partial charge in [0.05, 0.1) is 18.2 Å². The summed E-state index contributed by atoms with van der Waals surface area (Å²) >= 11 is 6.40. The third kappa shape index (κ3) is 2.35. The van der Waals surface area contributed by atoms with Crippen molar-refractivity contribution in [3.8, 4) is 5.75 Å². The zero-order valence-corrected chi connectivity index (χ0v) is 12.3. The van der Waals surface area contributed by atoms with Crippen LogP contribution in [0.1, 0.15) is 37.0 Å². The number of nitrogens with zero attached hydrogens (tertiary/aromatic N) is 1. The highest BCUT2D eigenvalue weighted by atomic mass is 35.5. The molecule has 0 fully saturated rings. The second-order valence-corrected chi connectivity index (χ2v) is 4.94. The number of aromatic nitrogens is 1. The summed E-state index contributed by atoms with van der Waals surface area (Å²) in [5.74, 6) is 0.738. The lowest BCUT2D eigenvalue weighted by Gasteiger charge is -2.09. The molecule has 0 aliphatic rings. The van der Waals surface area contributed by atoms with Gasteiger partial charge >= 0.3 is 0 Å². The van der Waals surface area contributed by atoms with Gasteiger partial charge in [-0.05, 0) is 19.4 Å². The first-order valence-corrected chi connectivity index (χ1v) is 6.85. The van der Waals surface area contributed by atoms with E-state index in [1.165, 1.54) is 0 Å². The fraction of sp³-hybridized carbons (Fsp3) is 0.400. The van der Waals surface area contributed by atoms with Gasteiger partial charge in [0.2, 0.25) is 0 Å². The Bertz CT molecular complexity index is 616. The summed E-state index contributed by atoms with van der Waals surface area (Å²) in [6.07, 6.45) is 2.08. The number of rotatable bonds is 5. The van der Waals surface area contributed by atoms with Crippen molar-refractivity contribution in [3.63, 3.8) is 0 Å². The summed E-state index contributed by atoms with van der Waals surface area (Å²) in [4.78, 5) is 11.8. The fourth-order valence-corrected chi connectivity index (χ4v) is 2.78. The summed E-state index contributed by atoms with van der Waals surface area (Å²) in [5.41, 5.74) is 1.50. The maximum absolute atomic E-state index is 11.8. The molecule has 0 aliphatic carbocycles. The van der Waals surface area contributed by atoms with Crippen molar-refractivity contribution in [2.75, 3.05) is 7.11 Å². The number of benzene rings is 1. The molecule has 0 aliphatic heterocycles. The van der Waals surface area contributed by atoms with Gasteiger partial charge in [-0.25, -0.2) is 0 Å². The van der Waals surface area contributed by atoms with Gasteiger partial charge in [0.15, 0.2) is 5.78 Å². The minimum Gasteiger partial charge on any atom is -0.495 e. The van der Waals surface area contributed by atoms with Crippen LogP contribution in [0.25, 0.3) is 10.9 Å². The molecule has 2 rings (SSSR count). The van der Waals surface area contributed by atoms with E-state index in [0.29, 0.717) is 10.7 Å². The number of Topliss-reactive ketones (excluding diaryl/α,β-unsaturated/α-hetero) is 1. The first-order valence-electron chi connectivity index (χ1n) is 6.47. The van der Waals surface area contributed by atoms with Gasteiger partial charge in [-0.3, -0.25) is 4.79 Å². The molecule has 4 heteroatoms. The van der Waals surface area contributed by atoms with E-state index >= 15 is 0 Å². The lowest BCUT2D eigenvalue weighted by Crippen LogP contribution is -2.00. The van der Waals surface area contributed by atoms with Crippen LogP contribution in [0.4, 0.5) is 0 Å². The zero-order valence-electron chi connectivity index (χ0n) is 11.5. The highest BCUT2D eigenvalue weighted by molar-refractivity contribution is 6.35. The SMILES string of the molecule is CCCCn1c(Cl)c(C(C)=O)c2cccc(OC)c21. The van der Waals surface area contributed by atoms with E-state index in [1.54, 1.807) is 14.0 Å². The number of unbranched alkanes of at least 4 members (excludes halogenated alkanes) is 1. The normalized spacial score (nSPS) is 10.9. The summed E-state index contributed by atoms with van der Waals surface area (Å²) in [5, 5.41) is 1.38. The summed E-state index contributed by atoms with van der Waals surface area (Å²) in [7, 11) is 1.63. The molecule has 0 N–H and O–H groups in total. The fourth-order valence-electron chi connectivity index (χ4n) is 2.37. The Morgan fingerprint density at radius 1 is 1.42 bits per heavy atom. The molecule has 0 saturated carbocycles. The van der Waals surface area contributed by atoms with Crippen LogP contribution in [0.2, 0.25) is 5.15 Å². The van der Waals surface area contributed by atoms with Crippen molar-refractivity contribution in [3.05, 3.63) is 28.9 Å². The van der Waals surface area contributed by atoms with Gasteiger partial charge < -0.3 is 9.30 Å². The standard InChI is InChI=1S/C15H18ClNO2/c1-4-5-9-17-14-11(7-6-8-12(14)19-3)13(10(2)18)15(17)16/h6-8H,4-5,9H2,1-3H3. The van der Waals surface area contributed by atoms with Crippen LogP contribution in [0.15, 0.2) is 18.2 Å². The van der Waals surface area contributed by atoms with E-state index in [1.807, 2.05) is 22.8 Å². The predicted octanol–water partition coefficient (Wildman–Crippen LogP) is 4.31. The van der Waals surface area contributed by atoms with Crippen LogP contribution >= 0.6 is 11.6 Å². The van der Waals surface area contributed by atoms with Crippen molar-refractivity contribution in [1.29, 1.82) is 0 Å². The van der Waals surface area contributed by atoms with Crippen LogP contribution in [-0.4, -0.2) is 17.5 Å². The van der Waals surface area contributed by atoms with Crippen LogP contribution in [0.3, 0.4) is 0 Å². The smallest absolute Gasteiger partial charge is 0.163 e. The molecular weight excluding hydrogens is 262 g/mol. The number of carbonyl (C=O) groups excluding carboxylic acids is 1. The minimum absolute atomic E-state index is 0.0153. The minimum atomic E-state index is -0.0153. The van der Waals surface area contributed by atoms with E-state index in [-0.39, 0.29) is 5.78 Å². The largest absolute Gasteiger partial charge is 0.495 e. The first kappa shape index (κ1) is 13.9. The van der Waals surface area contributed by atoms with Gasteiger partial charge in [0.1, 0.15) is 10.9 Å². The highest BCUT2D eigenvalue weighted by Gasteiger charge is 2.20. The van der Waals surface area contributed by atoms with Gasteiger partial charge in [-0.15, -0.1) is 0 Å². The van der Waals surface area contributed by atoms with Crippen LogP contribution in [0.5, 0.6) is 5.75 Å². The monoisotopic (exact) mass is 279 g/mol. The predicted molar refractivity (Wildman–Crippen MR) is 78.4 cm³/mol. The number of para-hydroxylation sites is 1. The highest BCUT2D eigenvalue weighted by Crippen LogP contribution is 2.36. The Labute approximate surface area is 118 Å². The molecule has 0 bridgehead atoms. The van der Waals surface area contributed by atoms with Gasteiger partial charge in [-0.2, -0.15) is 0 Å². The second-order valence-electron chi connectivity index (χ2n) is 4.58. The molecule has 3 nitrogen and oxygen atoms in total. The molecule has 0 amide bonds. The second kappa shape index (κ2) is 5.66. The van der Waals surface area contributed by atoms with E-state index < -0.39 is 0 Å². The number of methoxy groups -OCH3 is 1. The van der Waals surface area contributed by atoms with Crippen molar-refractivity contribution in [1.82, 2.24) is 4.57 Å². The number of carbonyl (C=O) groups is 1. The molecule has 0 radical (unpaired) electrons. The lowest BCUT2D eigenvalue weighted by molar-refractivity contribution is 0.101. The summed E-state index contributed by atoms with van der Waals surface area (Å²) < 4.78 is 7.39. The summed E-state index contributed by atoms with van der Waals surface area (Å²) in [6.45, 7) is 4.46. The molecule has 2 aromatic rings. The number of aryl methyl sites for hydroxylation is 1.